The number of amides is 5. The molecule has 4 saturated heterocycles. The molecule has 2 N–H and O–H groups in total. The van der Waals surface area contributed by atoms with Gasteiger partial charge >= 0.3 is 11.9 Å². The van der Waals surface area contributed by atoms with E-state index in [1.54, 1.807) is 0 Å². The van der Waals surface area contributed by atoms with Gasteiger partial charge in [0.1, 0.15) is 6.29 Å². The van der Waals surface area contributed by atoms with Crippen LogP contribution in [0.15, 0.2) is 0 Å². The van der Waals surface area contributed by atoms with Crippen molar-refractivity contribution in [3.05, 3.63) is 0 Å². The first-order valence-electron chi connectivity index (χ1n) is 18.0. The molecular formula is C34H52N6O10. The molecule has 4 fully saturated rings. The van der Waals surface area contributed by atoms with Gasteiger partial charge in [0, 0.05) is 81.9 Å². The molecule has 278 valence electrons. The smallest absolute Gasteiger partial charge is 0.334 e. The lowest BCUT2D eigenvalue weighted by Crippen LogP contribution is -2.57. The van der Waals surface area contributed by atoms with E-state index < -0.39 is 35.6 Å². The maximum atomic E-state index is 13.0. The molecule has 4 rings (SSSR count). The summed E-state index contributed by atoms with van der Waals surface area (Å²) in [7, 11) is 0. The van der Waals surface area contributed by atoms with Crippen LogP contribution in [-0.4, -0.2) is 124 Å². The molecule has 4 aliphatic heterocycles. The number of imide groups is 2. The molecule has 0 radical (unpaired) electrons. The number of piperidine rings is 2. The average Bonchev–Trinajstić information content (AvgIpc) is 3.56. The van der Waals surface area contributed by atoms with Crippen molar-refractivity contribution in [3.8, 4) is 0 Å². The third-order valence-corrected chi connectivity index (χ3v) is 10.4. The van der Waals surface area contributed by atoms with Crippen LogP contribution in [0.1, 0.15) is 104 Å². The third kappa shape index (κ3) is 10.4. The van der Waals surface area contributed by atoms with Gasteiger partial charge in [-0.05, 0) is 58.8 Å². The molecule has 4 heterocycles. The SMILES string of the molecule is CC1CCCC(CC2CCC(C)N([C@H](CC=O)CNCCC(=O)ON3C(=O)CCC3=O)C2C)N1CC(=O)NCCC(=O)ON1C(=O)CCC1=O. The van der Waals surface area contributed by atoms with Gasteiger partial charge in [0.15, 0.2) is 0 Å². The summed E-state index contributed by atoms with van der Waals surface area (Å²) in [5.41, 5.74) is 0. The predicted octanol–water partition coefficient (Wildman–Crippen LogP) is 0.767. The van der Waals surface area contributed by atoms with Crippen molar-refractivity contribution in [1.82, 2.24) is 30.6 Å². The minimum Gasteiger partial charge on any atom is -0.354 e. The lowest BCUT2D eigenvalue weighted by Gasteiger charge is -2.50. The van der Waals surface area contributed by atoms with Crippen molar-refractivity contribution in [2.24, 2.45) is 5.92 Å². The summed E-state index contributed by atoms with van der Waals surface area (Å²) in [6.45, 7) is 7.44. The summed E-state index contributed by atoms with van der Waals surface area (Å²) in [4.78, 5) is 110. The average molecular weight is 705 g/mol. The molecule has 50 heavy (non-hydrogen) atoms. The molecule has 0 bridgehead atoms. The van der Waals surface area contributed by atoms with Gasteiger partial charge in [-0.25, -0.2) is 9.59 Å². The largest absolute Gasteiger partial charge is 0.354 e. The maximum absolute atomic E-state index is 13.0. The summed E-state index contributed by atoms with van der Waals surface area (Å²) >= 11 is 0. The second-order valence-corrected chi connectivity index (χ2v) is 13.9. The molecule has 16 heteroatoms. The van der Waals surface area contributed by atoms with Crippen molar-refractivity contribution in [2.75, 3.05) is 26.2 Å². The van der Waals surface area contributed by atoms with Gasteiger partial charge in [0.2, 0.25) is 5.91 Å². The topological polar surface area (TPSA) is 192 Å². The molecular weight excluding hydrogens is 652 g/mol. The molecule has 5 unspecified atom stereocenters. The first-order valence-corrected chi connectivity index (χ1v) is 18.0. The third-order valence-electron chi connectivity index (χ3n) is 10.4. The van der Waals surface area contributed by atoms with Gasteiger partial charge < -0.3 is 25.1 Å². The fraction of sp³-hybridized carbons (Fsp3) is 0.765. The highest BCUT2D eigenvalue weighted by atomic mass is 16.7. The Kier molecular flexibility index (Phi) is 14.4. The van der Waals surface area contributed by atoms with Crippen LogP contribution in [0, 0.1) is 5.92 Å². The quantitative estimate of drug-likeness (QED) is 0.123. The second kappa shape index (κ2) is 18.5. The van der Waals surface area contributed by atoms with Crippen molar-refractivity contribution < 1.29 is 48.0 Å². The summed E-state index contributed by atoms with van der Waals surface area (Å²) in [5, 5.41) is 7.08. The van der Waals surface area contributed by atoms with Gasteiger partial charge in [-0.3, -0.25) is 33.8 Å². The van der Waals surface area contributed by atoms with E-state index >= 15 is 0 Å². The second-order valence-electron chi connectivity index (χ2n) is 13.9. The molecule has 0 saturated carbocycles. The minimum absolute atomic E-state index is 0.0147. The van der Waals surface area contributed by atoms with Crippen molar-refractivity contribution >= 4 is 47.8 Å². The Morgan fingerprint density at radius 2 is 1.38 bits per heavy atom. The lowest BCUT2D eigenvalue weighted by atomic mass is 9.79. The highest BCUT2D eigenvalue weighted by Crippen LogP contribution is 2.36. The van der Waals surface area contributed by atoms with E-state index in [-0.39, 0.29) is 94.3 Å². The van der Waals surface area contributed by atoms with Crippen LogP contribution in [0.3, 0.4) is 0 Å². The van der Waals surface area contributed by atoms with Crippen LogP contribution in [0.5, 0.6) is 0 Å². The van der Waals surface area contributed by atoms with E-state index in [1.165, 1.54) is 0 Å². The Morgan fingerprint density at radius 3 is 1.96 bits per heavy atom. The first kappa shape index (κ1) is 39.0. The van der Waals surface area contributed by atoms with E-state index in [4.69, 9.17) is 9.68 Å². The van der Waals surface area contributed by atoms with Crippen LogP contribution in [0.2, 0.25) is 0 Å². The summed E-state index contributed by atoms with van der Waals surface area (Å²) in [6, 6.07) is 0.693. The Hall–Kier alpha value is -3.76. The summed E-state index contributed by atoms with van der Waals surface area (Å²) in [5.74, 6) is -3.46. The number of aldehydes is 1. The van der Waals surface area contributed by atoms with Gasteiger partial charge in [0.05, 0.1) is 19.4 Å². The number of likely N-dealkylation sites (tertiary alicyclic amines) is 2. The number of hydrogen-bond donors (Lipinski definition) is 2. The normalized spacial score (nSPS) is 27.1. The van der Waals surface area contributed by atoms with E-state index in [9.17, 15) is 38.4 Å². The molecule has 5 amide bonds. The van der Waals surface area contributed by atoms with Crippen LogP contribution in [-0.2, 0) is 48.0 Å². The number of carbonyl (C=O) groups is 8. The monoisotopic (exact) mass is 704 g/mol. The standard InChI is InChI=1S/C34H52N6O10/c1-22-5-4-6-26(37(22)21-28(42)36-17-14-34(48)50-40-31(45)11-12-32(40)46)19-25-8-7-23(2)38(24(25)3)27(15-18-41)20-35-16-13-33(47)49-39-29(43)9-10-30(39)44/h18,22-27,35H,4-17,19-21H2,1-3H3,(H,36,42)/t22?,23?,24?,25?,26?,27-/m1/s1. The molecule has 4 aliphatic rings. The Bertz CT molecular complexity index is 1260. The zero-order valence-electron chi connectivity index (χ0n) is 29.4. The highest BCUT2D eigenvalue weighted by Gasteiger charge is 2.40. The van der Waals surface area contributed by atoms with Crippen LogP contribution >= 0.6 is 0 Å². The van der Waals surface area contributed by atoms with Gasteiger partial charge in [-0.2, -0.15) is 0 Å². The van der Waals surface area contributed by atoms with E-state index in [0.29, 0.717) is 29.0 Å². The van der Waals surface area contributed by atoms with Crippen molar-refractivity contribution in [2.45, 2.75) is 134 Å². The fourth-order valence-corrected chi connectivity index (χ4v) is 7.74. The number of hydroxylamine groups is 4. The zero-order valence-corrected chi connectivity index (χ0v) is 29.4. The Balaban J connectivity index is 1.26. The zero-order chi connectivity index (χ0) is 36.4. The molecule has 16 nitrogen and oxygen atoms in total. The number of nitrogens with one attached hydrogen (secondary N) is 2. The lowest BCUT2D eigenvalue weighted by molar-refractivity contribution is -0.197. The highest BCUT2D eigenvalue weighted by molar-refractivity contribution is 6.02. The molecule has 6 atom stereocenters. The van der Waals surface area contributed by atoms with Crippen LogP contribution in [0.4, 0.5) is 0 Å². The number of rotatable bonds is 17. The van der Waals surface area contributed by atoms with Gasteiger partial charge in [-0.1, -0.05) is 6.42 Å². The number of nitrogens with zero attached hydrogens (tertiary/aromatic N) is 4. The van der Waals surface area contributed by atoms with Gasteiger partial charge in [0.25, 0.3) is 23.6 Å². The maximum Gasteiger partial charge on any atom is 0.334 e. The van der Waals surface area contributed by atoms with Crippen molar-refractivity contribution in [1.29, 1.82) is 0 Å². The molecule has 0 aliphatic carbocycles. The number of carbonyl (C=O) groups excluding carboxylic acids is 8. The molecule has 0 aromatic rings. The molecule has 0 aromatic heterocycles. The van der Waals surface area contributed by atoms with Gasteiger partial charge in [-0.15, -0.1) is 10.1 Å². The van der Waals surface area contributed by atoms with Crippen molar-refractivity contribution in [3.63, 3.8) is 0 Å². The van der Waals surface area contributed by atoms with E-state index in [1.807, 2.05) is 0 Å². The predicted molar refractivity (Wildman–Crippen MR) is 176 cm³/mol. The van der Waals surface area contributed by atoms with Crippen LogP contribution < -0.4 is 10.6 Å². The van der Waals surface area contributed by atoms with Crippen LogP contribution in [0.25, 0.3) is 0 Å². The Labute approximate surface area is 292 Å². The first-order chi connectivity index (χ1) is 23.9. The fourth-order valence-electron chi connectivity index (χ4n) is 7.74. The Morgan fingerprint density at radius 1 is 0.800 bits per heavy atom. The van der Waals surface area contributed by atoms with E-state index in [0.717, 1.165) is 44.8 Å². The number of hydrogen-bond acceptors (Lipinski definition) is 13. The van der Waals surface area contributed by atoms with E-state index in [2.05, 4.69) is 41.2 Å². The minimum atomic E-state index is -0.762. The summed E-state index contributed by atoms with van der Waals surface area (Å²) in [6.07, 6.45) is 7.01. The molecule has 0 spiro atoms. The summed E-state index contributed by atoms with van der Waals surface area (Å²) < 4.78 is 0. The molecule has 0 aromatic carbocycles.